The summed E-state index contributed by atoms with van der Waals surface area (Å²) in [7, 11) is -6.13. The van der Waals surface area contributed by atoms with Gasteiger partial charge in [0, 0.05) is 0 Å². The van der Waals surface area contributed by atoms with Crippen molar-refractivity contribution >= 4 is 37.6 Å². The molecule has 4 rings (SSSR count). The first-order valence-electron chi connectivity index (χ1n) is 9.77. The van der Waals surface area contributed by atoms with Crippen LogP contribution in [0.4, 0.5) is 0 Å². The molecule has 29 heavy (non-hydrogen) atoms. The molecule has 0 spiro atoms. The van der Waals surface area contributed by atoms with Crippen LogP contribution >= 0.6 is 0 Å². The highest BCUT2D eigenvalue weighted by Crippen LogP contribution is 2.15. The molecule has 0 bridgehead atoms. The van der Waals surface area contributed by atoms with Gasteiger partial charge in [-0.15, -0.1) is 0 Å². The zero-order valence-corrected chi connectivity index (χ0v) is 18.4. The summed E-state index contributed by atoms with van der Waals surface area (Å²) in [5.41, 5.74) is 0. The highest BCUT2D eigenvalue weighted by molar-refractivity contribution is 7.11. The van der Waals surface area contributed by atoms with Gasteiger partial charge in [0.1, 0.15) is 0 Å². The van der Waals surface area contributed by atoms with Gasteiger partial charge in [0.15, 0.2) is 0 Å². The van der Waals surface area contributed by atoms with Crippen molar-refractivity contribution in [1.29, 1.82) is 0 Å². The van der Waals surface area contributed by atoms with Crippen LogP contribution in [-0.2, 0) is 4.12 Å². The van der Waals surface area contributed by atoms with Crippen molar-refractivity contribution in [3.05, 3.63) is 121 Å². The van der Waals surface area contributed by atoms with Crippen molar-refractivity contribution in [2.24, 2.45) is 0 Å². The summed E-state index contributed by atoms with van der Waals surface area (Å²) in [4.78, 5) is 11.7. The lowest BCUT2D eigenvalue weighted by atomic mass is 10.3. The van der Waals surface area contributed by atoms with Crippen molar-refractivity contribution in [3.8, 4) is 0 Å². The minimum Gasteiger partial charge on any atom is -0.422 e. The van der Waals surface area contributed by atoms with Crippen molar-refractivity contribution in [2.45, 2.75) is 6.55 Å². The predicted molar refractivity (Wildman–Crippen MR) is 125 cm³/mol. The van der Waals surface area contributed by atoms with Crippen molar-refractivity contribution < 1.29 is 8.91 Å². The van der Waals surface area contributed by atoms with Crippen LogP contribution in [0.2, 0.25) is 6.55 Å². The van der Waals surface area contributed by atoms with Gasteiger partial charge in [-0.3, -0.25) is 0 Å². The van der Waals surface area contributed by atoms with Crippen LogP contribution in [0, 0.1) is 0 Å². The third-order valence-corrected chi connectivity index (χ3v) is 12.9. The van der Waals surface area contributed by atoms with E-state index in [1.54, 1.807) is 0 Å². The molecule has 0 amide bonds. The molecule has 0 aliphatic rings. The van der Waals surface area contributed by atoms with E-state index in [-0.39, 0.29) is 0 Å². The van der Waals surface area contributed by atoms with E-state index in [4.69, 9.17) is 4.12 Å². The number of hydrogen-bond donors (Lipinski definition) is 1. The van der Waals surface area contributed by atoms with Crippen molar-refractivity contribution in [1.82, 2.24) is 0 Å². The quantitative estimate of drug-likeness (QED) is 0.390. The first-order chi connectivity index (χ1) is 14.1. The van der Waals surface area contributed by atoms with Gasteiger partial charge in [0.2, 0.25) is 0 Å². The molecule has 0 saturated heterocycles. The van der Waals surface area contributed by atoms with Crippen LogP contribution in [0.25, 0.3) is 0 Å². The maximum atomic E-state index is 11.7. The summed E-state index contributed by atoms with van der Waals surface area (Å²) >= 11 is 0. The van der Waals surface area contributed by atoms with E-state index in [0.29, 0.717) is 0 Å². The lowest BCUT2D eigenvalue weighted by Crippen LogP contribution is -2.74. The smallest absolute Gasteiger partial charge is 0.356 e. The Kier molecular flexibility index (Phi) is 5.60. The fourth-order valence-electron chi connectivity index (χ4n) is 3.80. The molecule has 0 heterocycles. The minimum atomic E-state index is -3.20. The van der Waals surface area contributed by atoms with E-state index >= 15 is 0 Å². The highest BCUT2D eigenvalue weighted by Gasteiger charge is 2.48. The highest BCUT2D eigenvalue weighted by atomic mass is 28.4. The van der Waals surface area contributed by atoms with Gasteiger partial charge in [-0.1, -0.05) is 121 Å². The van der Waals surface area contributed by atoms with Crippen molar-refractivity contribution in [2.75, 3.05) is 0 Å². The van der Waals surface area contributed by atoms with Crippen LogP contribution < -0.4 is 20.7 Å². The van der Waals surface area contributed by atoms with Gasteiger partial charge in [0.25, 0.3) is 8.32 Å². The Morgan fingerprint density at radius 2 is 0.759 bits per heavy atom. The summed E-state index contributed by atoms with van der Waals surface area (Å²) in [6, 6.07) is 40.9. The Morgan fingerprint density at radius 1 is 0.483 bits per heavy atom. The molecule has 0 radical (unpaired) electrons. The van der Waals surface area contributed by atoms with Gasteiger partial charge in [-0.05, 0) is 27.3 Å². The first kappa shape index (κ1) is 19.5. The van der Waals surface area contributed by atoms with E-state index in [2.05, 4.69) is 36.4 Å². The first-order valence-corrected chi connectivity index (χ1v) is 14.0. The molecule has 4 aromatic carbocycles. The normalized spacial score (nSPS) is 13.6. The fraction of sp³-hybridized carbons (Fsp3) is 0.0400. The van der Waals surface area contributed by atoms with E-state index in [1.165, 1.54) is 0 Å². The summed E-state index contributed by atoms with van der Waals surface area (Å²) < 4.78 is 7.00. The monoisotopic (exact) mass is 412 g/mol. The van der Waals surface area contributed by atoms with Crippen LogP contribution in [-0.4, -0.2) is 21.7 Å². The molecular formula is C25H24O2Si2. The van der Waals surface area contributed by atoms with E-state index < -0.39 is 16.9 Å². The van der Waals surface area contributed by atoms with Gasteiger partial charge >= 0.3 is 8.56 Å². The zero-order valence-electron chi connectivity index (χ0n) is 16.4. The number of rotatable bonds is 6. The largest absolute Gasteiger partial charge is 0.422 e. The van der Waals surface area contributed by atoms with E-state index in [0.717, 1.165) is 20.7 Å². The summed E-state index contributed by atoms with van der Waals surface area (Å²) in [6.45, 7) is 1.87. The second-order valence-electron chi connectivity index (χ2n) is 7.23. The SMILES string of the molecule is C[Si](O)(O[Si](c1ccccc1)(c1ccccc1)c1ccccc1)c1ccccc1. The van der Waals surface area contributed by atoms with Gasteiger partial charge < -0.3 is 8.91 Å². The Labute approximate surface area is 174 Å². The molecule has 0 aliphatic heterocycles. The Hall–Kier alpha value is -2.77. The maximum Gasteiger partial charge on any atom is 0.356 e. The minimum absolute atomic E-state index is 0.875. The molecule has 4 aromatic rings. The topological polar surface area (TPSA) is 29.5 Å². The molecule has 144 valence electrons. The van der Waals surface area contributed by atoms with Crippen LogP contribution in [0.15, 0.2) is 121 Å². The van der Waals surface area contributed by atoms with Gasteiger partial charge in [-0.25, -0.2) is 0 Å². The molecule has 0 saturated carbocycles. The molecule has 1 unspecified atom stereocenters. The van der Waals surface area contributed by atoms with Gasteiger partial charge in [-0.2, -0.15) is 0 Å². The lowest BCUT2D eigenvalue weighted by molar-refractivity contribution is 0.406. The Morgan fingerprint density at radius 3 is 1.07 bits per heavy atom. The summed E-state index contributed by atoms with van der Waals surface area (Å²) in [5.74, 6) is 0. The molecule has 0 fully saturated rings. The average molecular weight is 413 g/mol. The third-order valence-electron chi connectivity index (χ3n) is 5.20. The molecule has 1 atom stereocenters. The second-order valence-corrected chi connectivity index (χ2v) is 13.7. The van der Waals surface area contributed by atoms with Crippen LogP contribution in [0.3, 0.4) is 0 Å². The molecule has 0 aliphatic carbocycles. The van der Waals surface area contributed by atoms with Crippen LogP contribution in [0.1, 0.15) is 0 Å². The third kappa shape index (κ3) is 3.88. The van der Waals surface area contributed by atoms with E-state index in [1.807, 2.05) is 91.5 Å². The molecule has 4 heteroatoms. The number of hydrogen-bond acceptors (Lipinski definition) is 2. The zero-order chi connectivity index (χ0) is 20.2. The fourth-order valence-corrected chi connectivity index (χ4v) is 11.9. The van der Waals surface area contributed by atoms with Crippen LogP contribution in [0.5, 0.6) is 0 Å². The Balaban J connectivity index is 1.98. The molecular weight excluding hydrogens is 388 g/mol. The molecule has 0 aromatic heterocycles. The molecule has 1 N–H and O–H groups in total. The Bertz CT molecular complexity index is 941. The van der Waals surface area contributed by atoms with Gasteiger partial charge in [0.05, 0.1) is 0 Å². The summed E-state index contributed by atoms with van der Waals surface area (Å²) in [5, 5.41) is 4.25. The van der Waals surface area contributed by atoms with Crippen molar-refractivity contribution in [3.63, 3.8) is 0 Å². The molecule has 2 nitrogen and oxygen atoms in total. The number of benzene rings is 4. The predicted octanol–water partition coefficient (Wildman–Crippen LogP) is 2.64. The maximum absolute atomic E-state index is 11.7. The average Bonchev–Trinajstić information content (AvgIpc) is 2.80. The second kappa shape index (κ2) is 8.31. The lowest BCUT2D eigenvalue weighted by Gasteiger charge is -2.38. The van der Waals surface area contributed by atoms with E-state index in [9.17, 15) is 4.80 Å². The summed E-state index contributed by atoms with van der Waals surface area (Å²) in [6.07, 6.45) is 0. The standard InChI is InChI=1S/C25H24O2Si2/c1-28(26,22-14-6-2-7-15-22)27-29(23-16-8-3-9-17-23,24-18-10-4-11-19-24)25-20-12-5-13-21-25/h2-21,26H,1H3.